The van der Waals surface area contributed by atoms with Crippen LogP contribution in [0.15, 0.2) is 28.8 Å². The van der Waals surface area contributed by atoms with Crippen molar-refractivity contribution in [1.82, 2.24) is 15.2 Å². The maximum Gasteiger partial charge on any atom is 0.471 e. The number of nitriles is 1. The molecule has 132 valence electrons. The second-order valence-corrected chi connectivity index (χ2v) is 4.80. The van der Waals surface area contributed by atoms with Crippen LogP contribution in [0.5, 0.6) is 0 Å². The molecule has 0 fully saturated rings. The van der Waals surface area contributed by atoms with E-state index < -0.39 is 18.0 Å². The molecule has 0 atom stereocenters. The zero-order chi connectivity index (χ0) is 18.4. The molecule has 2 rings (SSSR count). The van der Waals surface area contributed by atoms with E-state index in [1.54, 1.807) is 25.1 Å². The standard InChI is InChI=1S/C15H13F3N4O3/c1-2-24-22(12(23)7-8-19)9-10-3-5-11(6-4-10)13-20-14(25-21-13)15(16,17)18/h3-6H,2,7,9H2,1H3. The van der Waals surface area contributed by atoms with Gasteiger partial charge in [-0.15, -0.1) is 0 Å². The normalized spacial score (nSPS) is 11.2. The van der Waals surface area contributed by atoms with Gasteiger partial charge in [-0.1, -0.05) is 29.4 Å². The molecule has 0 aliphatic heterocycles. The summed E-state index contributed by atoms with van der Waals surface area (Å²) in [6, 6.07) is 7.92. The van der Waals surface area contributed by atoms with E-state index in [0.29, 0.717) is 11.1 Å². The Morgan fingerprint density at radius 3 is 2.56 bits per heavy atom. The number of carbonyl (C=O) groups is 1. The number of rotatable bonds is 6. The van der Waals surface area contributed by atoms with E-state index in [-0.39, 0.29) is 25.4 Å². The van der Waals surface area contributed by atoms with E-state index in [9.17, 15) is 18.0 Å². The molecule has 0 unspecified atom stereocenters. The van der Waals surface area contributed by atoms with Crippen molar-refractivity contribution in [3.05, 3.63) is 35.7 Å². The smallest absolute Gasteiger partial charge is 0.329 e. The Morgan fingerprint density at radius 2 is 2.04 bits per heavy atom. The summed E-state index contributed by atoms with van der Waals surface area (Å²) in [4.78, 5) is 20.2. The molecule has 0 saturated heterocycles. The van der Waals surface area contributed by atoms with E-state index in [4.69, 9.17) is 10.1 Å². The largest absolute Gasteiger partial charge is 0.471 e. The third kappa shape index (κ3) is 4.77. The van der Waals surface area contributed by atoms with Crippen LogP contribution in [0, 0.1) is 11.3 Å². The van der Waals surface area contributed by atoms with Crippen LogP contribution in [0.1, 0.15) is 24.8 Å². The van der Waals surface area contributed by atoms with Crippen LogP contribution in [-0.4, -0.2) is 27.7 Å². The van der Waals surface area contributed by atoms with Gasteiger partial charge in [-0.05, 0) is 12.5 Å². The summed E-state index contributed by atoms with van der Waals surface area (Å²) < 4.78 is 41.6. The molecule has 0 spiro atoms. The number of nitrogens with zero attached hydrogens (tertiary/aromatic N) is 4. The van der Waals surface area contributed by atoms with Crippen molar-refractivity contribution in [2.24, 2.45) is 0 Å². The van der Waals surface area contributed by atoms with Crippen LogP contribution < -0.4 is 0 Å². The number of hydrogen-bond donors (Lipinski definition) is 0. The van der Waals surface area contributed by atoms with E-state index in [1.807, 2.05) is 0 Å². The molecular formula is C15H13F3N4O3. The highest BCUT2D eigenvalue weighted by Crippen LogP contribution is 2.29. The van der Waals surface area contributed by atoms with Gasteiger partial charge in [-0.25, -0.2) is 5.06 Å². The van der Waals surface area contributed by atoms with Crippen molar-refractivity contribution >= 4 is 5.91 Å². The van der Waals surface area contributed by atoms with Gasteiger partial charge in [0, 0.05) is 5.56 Å². The van der Waals surface area contributed by atoms with Crippen molar-refractivity contribution < 1.29 is 27.3 Å². The van der Waals surface area contributed by atoms with Crippen LogP contribution in [0.3, 0.4) is 0 Å². The van der Waals surface area contributed by atoms with Gasteiger partial charge in [-0.2, -0.15) is 23.4 Å². The van der Waals surface area contributed by atoms with Crippen molar-refractivity contribution in [1.29, 1.82) is 5.26 Å². The molecular weight excluding hydrogens is 341 g/mol. The number of aromatic nitrogens is 2. The minimum Gasteiger partial charge on any atom is -0.329 e. The van der Waals surface area contributed by atoms with Gasteiger partial charge >= 0.3 is 12.1 Å². The van der Waals surface area contributed by atoms with Crippen molar-refractivity contribution in [3.8, 4) is 17.5 Å². The molecule has 0 aliphatic carbocycles. The number of halogens is 3. The third-order valence-electron chi connectivity index (χ3n) is 3.00. The summed E-state index contributed by atoms with van der Waals surface area (Å²) >= 11 is 0. The Balaban J connectivity index is 2.12. The Bertz CT molecular complexity index is 766. The predicted molar refractivity (Wildman–Crippen MR) is 77.1 cm³/mol. The lowest BCUT2D eigenvalue weighted by atomic mass is 10.1. The molecule has 1 heterocycles. The van der Waals surface area contributed by atoms with Crippen LogP contribution in [0.2, 0.25) is 0 Å². The third-order valence-corrected chi connectivity index (χ3v) is 3.00. The van der Waals surface area contributed by atoms with Gasteiger partial charge in [0.25, 0.3) is 5.91 Å². The second kappa shape index (κ2) is 7.76. The molecule has 7 nitrogen and oxygen atoms in total. The van der Waals surface area contributed by atoms with Gasteiger partial charge in [0.15, 0.2) is 0 Å². The fourth-order valence-electron chi connectivity index (χ4n) is 1.90. The fourth-order valence-corrected chi connectivity index (χ4v) is 1.90. The number of benzene rings is 1. The number of hydroxylamine groups is 2. The first-order valence-electron chi connectivity index (χ1n) is 7.15. The van der Waals surface area contributed by atoms with Crippen LogP contribution in [0.4, 0.5) is 13.2 Å². The highest BCUT2D eigenvalue weighted by molar-refractivity contribution is 5.77. The molecule has 0 saturated carbocycles. The maximum absolute atomic E-state index is 12.5. The quantitative estimate of drug-likeness (QED) is 0.741. The van der Waals surface area contributed by atoms with Crippen LogP contribution in [-0.2, 0) is 22.4 Å². The van der Waals surface area contributed by atoms with E-state index in [1.165, 1.54) is 12.1 Å². The summed E-state index contributed by atoms with van der Waals surface area (Å²) in [6.07, 6.45) is -5.02. The zero-order valence-corrected chi connectivity index (χ0v) is 13.1. The Hall–Kier alpha value is -2.93. The number of hydrogen-bond acceptors (Lipinski definition) is 6. The number of alkyl halides is 3. The molecule has 25 heavy (non-hydrogen) atoms. The predicted octanol–water partition coefficient (Wildman–Crippen LogP) is 2.95. The molecule has 0 N–H and O–H groups in total. The summed E-state index contributed by atoms with van der Waals surface area (Å²) in [7, 11) is 0. The average Bonchev–Trinajstić information content (AvgIpc) is 3.05. The van der Waals surface area contributed by atoms with Gasteiger partial charge in [-0.3, -0.25) is 9.63 Å². The average molecular weight is 354 g/mol. The van der Waals surface area contributed by atoms with Crippen molar-refractivity contribution in [2.45, 2.75) is 26.1 Å². The molecule has 0 aliphatic rings. The molecule has 2 aromatic rings. The maximum atomic E-state index is 12.5. The van der Waals surface area contributed by atoms with Gasteiger partial charge < -0.3 is 4.52 Å². The second-order valence-electron chi connectivity index (χ2n) is 4.80. The Kier molecular flexibility index (Phi) is 5.71. The molecule has 1 aromatic heterocycles. The first-order valence-corrected chi connectivity index (χ1v) is 7.15. The summed E-state index contributed by atoms with van der Waals surface area (Å²) in [5.41, 5.74) is 0.984. The van der Waals surface area contributed by atoms with E-state index >= 15 is 0 Å². The summed E-state index contributed by atoms with van der Waals surface area (Å²) in [6.45, 7) is 2.04. The van der Waals surface area contributed by atoms with Crippen molar-refractivity contribution in [2.75, 3.05) is 6.61 Å². The lowest BCUT2D eigenvalue weighted by molar-refractivity contribution is -0.187. The van der Waals surface area contributed by atoms with Crippen LogP contribution in [0.25, 0.3) is 11.4 Å². The fraction of sp³-hybridized carbons (Fsp3) is 0.333. The summed E-state index contributed by atoms with van der Waals surface area (Å²) in [5.74, 6) is -2.10. The highest BCUT2D eigenvalue weighted by atomic mass is 19.4. The lowest BCUT2D eigenvalue weighted by Crippen LogP contribution is -2.30. The molecule has 1 aromatic carbocycles. The number of carbonyl (C=O) groups excluding carboxylic acids is 1. The number of amides is 1. The van der Waals surface area contributed by atoms with Gasteiger partial charge in [0.2, 0.25) is 5.82 Å². The molecule has 0 bridgehead atoms. The minimum atomic E-state index is -4.70. The monoisotopic (exact) mass is 354 g/mol. The first-order chi connectivity index (χ1) is 11.8. The van der Waals surface area contributed by atoms with E-state index in [0.717, 1.165) is 5.06 Å². The Labute approximate surface area is 140 Å². The summed E-state index contributed by atoms with van der Waals surface area (Å²) in [5, 5.41) is 12.9. The van der Waals surface area contributed by atoms with Gasteiger partial charge in [0.1, 0.15) is 6.42 Å². The minimum absolute atomic E-state index is 0.0919. The molecule has 10 heteroatoms. The molecule has 1 amide bonds. The zero-order valence-electron chi connectivity index (χ0n) is 13.1. The van der Waals surface area contributed by atoms with Crippen LogP contribution >= 0.6 is 0 Å². The topological polar surface area (TPSA) is 92.2 Å². The SMILES string of the molecule is CCON(Cc1ccc(-c2noc(C(F)(F)F)n2)cc1)C(=O)CC#N. The Morgan fingerprint density at radius 1 is 1.36 bits per heavy atom. The van der Waals surface area contributed by atoms with Gasteiger partial charge in [0.05, 0.1) is 19.2 Å². The highest BCUT2D eigenvalue weighted by Gasteiger charge is 2.38. The van der Waals surface area contributed by atoms with E-state index in [2.05, 4.69) is 14.7 Å². The lowest BCUT2D eigenvalue weighted by Gasteiger charge is -2.20. The van der Waals surface area contributed by atoms with Crippen molar-refractivity contribution in [3.63, 3.8) is 0 Å². The molecule has 0 radical (unpaired) electrons. The first kappa shape index (κ1) is 18.4.